The smallest absolute Gasteiger partial charge is 0.0724 e. The third-order valence-electron chi connectivity index (χ3n) is 3.49. The maximum absolute atomic E-state index is 10.6. The Bertz CT molecular complexity index is 165. The predicted octanol–water partition coefficient (Wildman–Crippen LogP) is 2.74. The van der Waals surface area contributed by atoms with Gasteiger partial charge in [0.2, 0.25) is 0 Å². The van der Waals surface area contributed by atoms with Crippen LogP contribution < -0.4 is 0 Å². The quantitative estimate of drug-likeness (QED) is 0.759. The zero-order valence-electron chi connectivity index (χ0n) is 9.92. The fourth-order valence-electron chi connectivity index (χ4n) is 2.95. The van der Waals surface area contributed by atoms with Crippen molar-refractivity contribution in [2.24, 2.45) is 5.92 Å². The van der Waals surface area contributed by atoms with Gasteiger partial charge in [-0.15, -0.1) is 0 Å². The van der Waals surface area contributed by atoms with Crippen molar-refractivity contribution in [1.29, 1.82) is 0 Å². The number of ether oxygens (including phenoxy) is 1. The van der Waals surface area contributed by atoms with Gasteiger partial charge in [0.05, 0.1) is 17.8 Å². The largest absolute Gasteiger partial charge is 0.389 e. The summed E-state index contributed by atoms with van der Waals surface area (Å²) in [7, 11) is 0. The van der Waals surface area contributed by atoms with E-state index >= 15 is 0 Å². The van der Waals surface area contributed by atoms with Crippen molar-refractivity contribution in [1.82, 2.24) is 0 Å². The van der Waals surface area contributed by atoms with E-state index in [1.54, 1.807) is 0 Å². The van der Waals surface area contributed by atoms with Gasteiger partial charge in [0.15, 0.2) is 0 Å². The minimum absolute atomic E-state index is 0.198. The molecule has 0 saturated carbocycles. The molecule has 0 aromatic rings. The molecule has 1 rings (SSSR count). The standard InChI is InChI=1S/C12H24O2/c1-5-11(6-2)12(13)7-9(3)14-10(4)8-12/h9-11,13H,5-8H2,1-4H3. The highest BCUT2D eigenvalue weighted by Gasteiger charge is 2.41. The van der Waals surface area contributed by atoms with Crippen LogP contribution in [0.2, 0.25) is 0 Å². The maximum atomic E-state index is 10.6. The summed E-state index contributed by atoms with van der Waals surface area (Å²) >= 11 is 0. The molecule has 0 bridgehead atoms. The molecule has 14 heavy (non-hydrogen) atoms. The first kappa shape index (κ1) is 12.0. The molecule has 0 aromatic carbocycles. The minimum Gasteiger partial charge on any atom is -0.389 e. The van der Waals surface area contributed by atoms with E-state index in [2.05, 4.69) is 27.7 Å². The topological polar surface area (TPSA) is 29.5 Å². The molecule has 0 radical (unpaired) electrons. The Morgan fingerprint density at radius 2 is 1.64 bits per heavy atom. The lowest BCUT2D eigenvalue weighted by atomic mass is 9.75. The van der Waals surface area contributed by atoms with Gasteiger partial charge >= 0.3 is 0 Å². The lowest BCUT2D eigenvalue weighted by molar-refractivity contribution is -0.156. The van der Waals surface area contributed by atoms with Crippen LogP contribution in [0.1, 0.15) is 53.4 Å². The molecule has 0 spiro atoms. The van der Waals surface area contributed by atoms with Gasteiger partial charge in [0, 0.05) is 12.8 Å². The summed E-state index contributed by atoms with van der Waals surface area (Å²) in [6.07, 6.45) is 4.11. The first-order chi connectivity index (χ1) is 6.51. The van der Waals surface area contributed by atoms with E-state index in [1.807, 2.05) is 0 Å². The van der Waals surface area contributed by atoms with Crippen molar-refractivity contribution in [2.75, 3.05) is 0 Å². The van der Waals surface area contributed by atoms with Gasteiger partial charge in [-0.05, 0) is 19.8 Å². The Balaban J connectivity index is 2.70. The first-order valence-electron chi connectivity index (χ1n) is 5.89. The van der Waals surface area contributed by atoms with Gasteiger partial charge < -0.3 is 9.84 Å². The summed E-state index contributed by atoms with van der Waals surface area (Å²) < 4.78 is 5.66. The summed E-state index contributed by atoms with van der Waals surface area (Å²) in [4.78, 5) is 0. The minimum atomic E-state index is -0.486. The Kier molecular flexibility index (Phi) is 3.96. The molecule has 1 saturated heterocycles. The van der Waals surface area contributed by atoms with E-state index in [4.69, 9.17) is 4.74 Å². The molecular formula is C12H24O2. The van der Waals surface area contributed by atoms with E-state index in [0.717, 1.165) is 25.7 Å². The predicted molar refractivity (Wildman–Crippen MR) is 58.3 cm³/mol. The van der Waals surface area contributed by atoms with Crippen molar-refractivity contribution >= 4 is 0 Å². The van der Waals surface area contributed by atoms with E-state index < -0.39 is 5.60 Å². The van der Waals surface area contributed by atoms with Crippen LogP contribution in [-0.4, -0.2) is 22.9 Å². The third kappa shape index (κ3) is 2.48. The Morgan fingerprint density at radius 3 is 2.00 bits per heavy atom. The molecule has 1 N–H and O–H groups in total. The van der Waals surface area contributed by atoms with E-state index in [1.165, 1.54) is 0 Å². The Labute approximate surface area is 87.7 Å². The van der Waals surface area contributed by atoms with Crippen molar-refractivity contribution in [3.05, 3.63) is 0 Å². The van der Waals surface area contributed by atoms with E-state index in [0.29, 0.717) is 5.92 Å². The summed E-state index contributed by atoms with van der Waals surface area (Å²) in [5.41, 5.74) is -0.486. The monoisotopic (exact) mass is 200 g/mol. The number of aliphatic hydroxyl groups is 1. The van der Waals surface area contributed by atoms with Gasteiger partial charge in [-0.25, -0.2) is 0 Å². The van der Waals surface area contributed by atoms with Crippen LogP contribution in [0.15, 0.2) is 0 Å². The van der Waals surface area contributed by atoms with Crippen LogP contribution in [0, 0.1) is 5.92 Å². The highest BCUT2D eigenvalue weighted by molar-refractivity contribution is 4.92. The van der Waals surface area contributed by atoms with Gasteiger partial charge in [-0.1, -0.05) is 26.7 Å². The molecule has 1 heterocycles. The first-order valence-corrected chi connectivity index (χ1v) is 5.89. The van der Waals surface area contributed by atoms with Crippen LogP contribution in [0.4, 0.5) is 0 Å². The third-order valence-corrected chi connectivity index (χ3v) is 3.49. The SMILES string of the molecule is CCC(CC)C1(O)CC(C)OC(C)C1. The molecule has 0 aliphatic carbocycles. The fraction of sp³-hybridized carbons (Fsp3) is 1.00. The lowest BCUT2D eigenvalue weighted by Crippen LogP contribution is -2.48. The van der Waals surface area contributed by atoms with Gasteiger partial charge in [-0.3, -0.25) is 0 Å². The van der Waals surface area contributed by atoms with Gasteiger partial charge in [0.1, 0.15) is 0 Å². The second-order valence-corrected chi connectivity index (χ2v) is 4.78. The molecule has 2 atom stereocenters. The average Bonchev–Trinajstić information content (AvgIpc) is 2.02. The molecular weight excluding hydrogens is 176 g/mol. The summed E-state index contributed by atoms with van der Waals surface area (Å²) in [6.45, 7) is 8.44. The van der Waals surface area contributed by atoms with Crippen LogP contribution in [0.3, 0.4) is 0 Å². The summed E-state index contributed by atoms with van der Waals surface area (Å²) in [6, 6.07) is 0. The molecule has 84 valence electrons. The highest BCUT2D eigenvalue weighted by Crippen LogP contribution is 2.37. The van der Waals surface area contributed by atoms with E-state index in [9.17, 15) is 5.11 Å². The second-order valence-electron chi connectivity index (χ2n) is 4.78. The normalized spacial score (nSPS) is 39.0. The maximum Gasteiger partial charge on any atom is 0.0724 e. The second kappa shape index (κ2) is 4.63. The number of hydrogen-bond donors (Lipinski definition) is 1. The lowest BCUT2D eigenvalue weighted by Gasteiger charge is -2.43. The van der Waals surface area contributed by atoms with Gasteiger partial charge in [0.25, 0.3) is 0 Å². The van der Waals surface area contributed by atoms with Crippen molar-refractivity contribution in [2.45, 2.75) is 71.2 Å². The van der Waals surface area contributed by atoms with Crippen LogP contribution in [-0.2, 0) is 4.74 Å². The van der Waals surface area contributed by atoms with E-state index in [-0.39, 0.29) is 12.2 Å². The summed E-state index contributed by atoms with van der Waals surface area (Å²) in [5, 5.41) is 10.6. The molecule has 2 nitrogen and oxygen atoms in total. The molecule has 1 aliphatic rings. The molecule has 0 amide bonds. The van der Waals surface area contributed by atoms with Crippen LogP contribution in [0.5, 0.6) is 0 Å². The fourth-order valence-corrected chi connectivity index (χ4v) is 2.95. The van der Waals surface area contributed by atoms with Gasteiger partial charge in [-0.2, -0.15) is 0 Å². The van der Waals surface area contributed by atoms with Crippen molar-refractivity contribution in [3.8, 4) is 0 Å². The van der Waals surface area contributed by atoms with Crippen LogP contribution in [0.25, 0.3) is 0 Å². The average molecular weight is 200 g/mol. The zero-order chi connectivity index (χ0) is 10.8. The molecule has 2 unspecified atom stereocenters. The van der Waals surface area contributed by atoms with Crippen molar-refractivity contribution < 1.29 is 9.84 Å². The highest BCUT2D eigenvalue weighted by atomic mass is 16.5. The van der Waals surface area contributed by atoms with Crippen molar-refractivity contribution in [3.63, 3.8) is 0 Å². The molecule has 1 aliphatic heterocycles. The summed E-state index contributed by atoms with van der Waals surface area (Å²) in [5.74, 6) is 0.427. The molecule has 0 aromatic heterocycles. The van der Waals surface area contributed by atoms with Crippen LogP contribution >= 0.6 is 0 Å². The number of hydrogen-bond acceptors (Lipinski definition) is 2. The zero-order valence-corrected chi connectivity index (χ0v) is 9.92. The Morgan fingerprint density at radius 1 is 1.21 bits per heavy atom. The number of rotatable bonds is 3. The Hall–Kier alpha value is -0.0800. The molecule has 1 fully saturated rings. The molecule has 2 heteroatoms.